The Morgan fingerprint density at radius 3 is 2.64 bits per heavy atom. The van der Waals surface area contributed by atoms with Crippen LogP contribution in [0.25, 0.3) is 10.9 Å². The molecule has 14 nitrogen and oxygen atoms in total. The lowest BCUT2D eigenvalue weighted by atomic mass is 9.90. The molecule has 15 heteroatoms. The van der Waals surface area contributed by atoms with E-state index in [4.69, 9.17) is 18.9 Å². The standard InChI is InChI=1S/C35H49N5O9S/c1-7-22(3)50(44,45)39-33(43)35-18-24(35)12-9-8-11-21(2)15-23(20-46-4)16-29(41)40-19-25(17-27(40)31(42)38-35)49-34-36-26-13-10-14-28(47-5)30(26)32(37-34)48-6/h9-10,12-14,21-25,27H,7-8,11,15-20H2,1-6H3,(H,38,42)(H,39,43)/b12-9-. The van der Waals surface area contributed by atoms with Crippen molar-refractivity contribution in [1.29, 1.82) is 0 Å². The van der Waals surface area contributed by atoms with Gasteiger partial charge in [-0.05, 0) is 63.0 Å². The highest BCUT2D eigenvalue weighted by Crippen LogP contribution is 2.46. The summed E-state index contributed by atoms with van der Waals surface area (Å²) in [6.07, 6.45) is 6.35. The zero-order valence-corrected chi connectivity index (χ0v) is 30.5. The highest BCUT2D eigenvalue weighted by molar-refractivity contribution is 7.90. The molecule has 3 amide bonds. The molecule has 3 heterocycles. The molecule has 7 atom stereocenters. The monoisotopic (exact) mass is 715 g/mol. The Labute approximate surface area is 293 Å². The predicted octanol–water partition coefficient (Wildman–Crippen LogP) is 3.14. The first-order valence-electron chi connectivity index (χ1n) is 17.2. The Morgan fingerprint density at radius 2 is 1.94 bits per heavy atom. The van der Waals surface area contributed by atoms with Gasteiger partial charge < -0.3 is 29.2 Å². The fraction of sp³-hybridized carbons (Fsp3) is 0.629. The number of ether oxygens (including phenoxy) is 4. The number of rotatable bonds is 10. The van der Waals surface area contributed by atoms with Crippen LogP contribution in [0.1, 0.15) is 65.7 Å². The van der Waals surface area contributed by atoms with Gasteiger partial charge in [0.2, 0.25) is 27.7 Å². The fourth-order valence-electron chi connectivity index (χ4n) is 6.99. The largest absolute Gasteiger partial charge is 0.496 e. The highest BCUT2D eigenvalue weighted by Gasteiger charge is 2.61. The molecule has 274 valence electrons. The van der Waals surface area contributed by atoms with E-state index in [0.717, 1.165) is 19.3 Å². The summed E-state index contributed by atoms with van der Waals surface area (Å²) < 4.78 is 50.7. The van der Waals surface area contributed by atoms with Gasteiger partial charge in [0, 0.05) is 32.5 Å². The van der Waals surface area contributed by atoms with E-state index in [1.807, 2.05) is 12.2 Å². The van der Waals surface area contributed by atoms with Crippen LogP contribution in [-0.2, 0) is 29.1 Å². The molecular formula is C35H49N5O9S. The molecule has 2 N–H and O–H groups in total. The van der Waals surface area contributed by atoms with Gasteiger partial charge in [-0.15, -0.1) is 0 Å². The molecule has 7 unspecified atom stereocenters. The number of nitrogens with one attached hydrogen (secondary N) is 2. The minimum absolute atomic E-state index is 0.00720. The molecule has 2 aliphatic heterocycles. The summed E-state index contributed by atoms with van der Waals surface area (Å²) in [5.41, 5.74) is -0.947. The van der Waals surface area contributed by atoms with Crippen molar-refractivity contribution in [2.24, 2.45) is 17.8 Å². The lowest BCUT2D eigenvalue weighted by molar-refractivity contribution is -0.140. The zero-order chi connectivity index (χ0) is 36.2. The van der Waals surface area contributed by atoms with Crippen LogP contribution in [0.15, 0.2) is 30.4 Å². The minimum atomic E-state index is -3.97. The van der Waals surface area contributed by atoms with Gasteiger partial charge in [0.15, 0.2) is 0 Å². The second-order valence-electron chi connectivity index (χ2n) is 13.7. The number of carbonyl (C=O) groups is 3. The number of sulfonamides is 1. The number of methoxy groups -OCH3 is 3. The third kappa shape index (κ3) is 7.98. The normalized spacial score (nSPS) is 28.7. The lowest BCUT2D eigenvalue weighted by Gasteiger charge is -2.28. The average molecular weight is 716 g/mol. The number of amides is 3. The lowest BCUT2D eigenvalue weighted by Crippen LogP contribution is -2.57. The first kappa shape index (κ1) is 37.3. The van der Waals surface area contributed by atoms with Gasteiger partial charge in [-0.25, -0.2) is 8.42 Å². The van der Waals surface area contributed by atoms with Gasteiger partial charge in [0.05, 0.1) is 31.5 Å². The van der Waals surface area contributed by atoms with Crippen molar-refractivity contribution in [2.75, 3.05) is 34.5 Å². The van der Waals surface area contributed by atoms with Crippen molar-refractivity contribution >= 4 is 38.6 Å². The number of hydrogen-bond donors (Lipinski definition) is 2. The molecule has 50 heavy (non-hydrogen) atoms. The summed E-state index contributed by atoms with van der Waals surface area (Å²) in [4.78, 5) is 52.4. The van der Waals surface area contributed by atoms with E-state index in [0.29, 0.717) is 29.7 Å². The van der Waals surface area contributed by atoms with E-state index in [-0.39, 0.29) is 55.4 Å². The van der Waals surface area contributed by atoms with Crippen LogP contribution in [0, 0.1) is 17.8 Å². The molecule has 1 aromatic carbocycles. The fourth-order valence-corrected chi connectivity index (χ4v) is 8.07. The number of nitrogens with zero attached hydrogens (tertiary/aromatic N) is 3. The number of fused-ring (bicyclic) bond motifs is 3. The SMILES string of the molecule is CCC(C)S(=O)(=O)NC(=O)C12CC1/C=C\CCC(C)CC(COC)CC(=O)N1CC(Oc3nc(OC)c4c(OC)cccc4n3)CC1C(=O)N2. The van der Waals surface area contributed by atoms with Crippen molar-refractivity contribution in [1.82, 2.24) is 24.9 Å². The van der Waals surface area contributed by atoms with Crippen molar-refractivity contribution in [3.05, 3.63) is 30.4 Å². The van der Waals surface area contributed by atoms with Gasteiger partial charge in [0.1, 0.15) is 28.8 Å². The summed E-state index contributed by atoms with van der Waals surface area (Å²) in [5.74, 6) is -1.01. The summed E-state index contributed by atoms with van der Waals surface area (Å²) >= 11 is 0. The first-order chi connectivity index (χ1) is 23.8. The molecule has 1 aromatic heterocycles. The van der Waals surface area contributed by atoms with E-state index in [1.165, 1.54) is 26.0 Å². The highest BCUT2D eigenvalue weighted by atomic mass is 32.2. The summed E-state index contributed by atoms with van der Waals surface area (Å²) in [6, 6.07) is 4.33. The van der Waals surface area contributed by atoms with E-state index in [1.54, 1.807) is 32.2 Å². The predicted molar refractivity (Wildman–Crippen MR) is 185 cm³/mol. The molecular weight excluding hydrogens is 666 g/mol. The Hall–Kier alpha value is -3.98. The van der Waals surface area contributed by atoms with Crippen LogP contribution in [0.2, 0.25) is 0 Å². The van der Waals surface area contributed by atoms with Crippen LogP contribution in [-0.4, -0.2) is 98.4 Å². The quantitative estimate of drug-likeness (QED) is 0.346. The van der Waals surface area contributed by atoms with Crippen LogP contribution >= 0.6 is 0 Å². The average Bonchev–Trinajstić information content (AvgIpc) is 3.61. The third-order valence-electron chi connectivity index (χ3n) is 10.1. The molecule has 0 radical (unpaired) electrons. The molecule has 0 bridgehead atoms. The maximum atomic E-state index is 14.2. The van der Waals surface area contributed by atoms with E-state index in [9.17, 15) is 22.8 Å². The van der Waals surface area contributed by atoms with Gasteiger partial charge in [-0.3, -0.25) is 19.1 Å². The molecule has 1 aliphatic carbocycles. The van der Waals surface area contributed by atoms with Gasteiger partial charge in [0.25, 0.3) is 5.91 Å². The van der Waals surface area contributed by atoms with E-state index >= 15 is 0 Å². The number of benzene rings is 1. The second-order valence-corrected chi connectivity index (χ2v) is 15.8. The second kappa shape index (κ2) is 15.5. The van der Waals surface area contributed by atoms with Crippen LogP contribution in [0.4, 0.5) is 0 Å². The summed E-state index contributed by atoms with van der Waals surface area (Å²) in [7, 11) is 0.650. The Morgan fingerprint density at radius 1 is 1.16 bits per heavy atom. The molecule has 1 saturated carbocycles. The van der Waals surface area contributed by atoms with Gasteiger partial charge in [-0.2, -0.15) is 9.97 Å². The smallest absolute Gasteiger partial charge is 0.320 e. The molecule has 3 aliphatic rings. The number of hydrogen-bond acceptors (Lipinski definition) is 11. The van der Waals surface area contributed by atoms with E-state index in [2.05, 4.69) is 26.9 Å². The number of aromatic nitrogens is 2. The number of allylic oxidation sites excluding steroid dienone is 1. The summed E-state index contributed by atoms with van der Waals surface area (Å²) in [6.45, 7) is 5.84. The minimum Gasteiger partial charge on any atom is -0.496 e. The van der Waals surface area contributed by atoms with Gasteiger partial charge >= 0.3 is 6.01 Å². The van der Waals surface area contributed by atoms with Crippen LogP contribution in [0.5, 0.6) is 17.6 Å². The molecule has 2 aromatic rings. The maximum absolute atomic E-state index is 14.2. The molecule has 5 rings (SSSR count). The van der Waals surface area contributed by atoms with Crippen molar-refractivity contribution in [3.63, 3.8) is 0 Å². The Balaban J connectivity index is 1.46. The summed E-state index contributed by atoms with van der Waals surface area (Å²) in [5, 5.41) is 2.66. The van der Waals surface area contributed by atoms with Crippen molar-refractivity contribution in [3.8, 4) is 17.6 Å². The maximum Gasteiger partial charge on any atom is 0.320 e. The third-order valence-corrected chi connectivity index (χ3v) is 12.0. The van der Waals surface area contributed by atoms with Crippen LogP contribution < -0.4 is 24.2 Å². The van der Waals surface area contributed by atoms with Crippen molar-refractivity contribution < 1.29 is 41.7 Å². The molecule has 0 spiro atoms. The van der Waals surface area contributed by atoms with Crippen LogP contribution in [0.3, 0.4) is 0 Å². The molecule has 2 fully saturated rings. The Kier molecular flexibility index (Phi) is 11.6. The number of carbonyl (C=O) groups excluding carboxylic acids is 3. The van der Waals surface area contributed by atoms with Crippen molar-refractivity contribution in [2.45, 2.75) is 88.7 Å². The topological polar surface area (TPSA) is 175 Å². The molecule has 1 saturated heterocycles. The Bertz CT molecular complexity index is 1720. The first-order valence-corrected chi connectivity index (χ1v) is 18.8. The van der Waals surface area contributed by atoms with Gasteiger partial charge in [-0.1, -0.05) is 32.1 Å². The zero-order valence-electron chi connectivity index (χ0n) is 29.6. The van der Waals surface area contributed by atoms with E-state index < -0.39 is 50.7 Å².